The fraction of sp³-hybridized carbons (Fsp3) is 0.348. The van der Waals surface area contributed by atoms with Gasteiger partial charge in [-0.2, -0.15) is 0 Å². The first kappa shape index (κ1) is 22.3. The molecule has 0 aliphatic carbocycles. The molecule has 0 aromatic heterocycles. The van der Waals surface area contributed by atoms with E-state index in [1.807, 2.05) is 74.5 Å². The molecule has 0 fully saturated rings. The molecule has 6 nitrogen and oxygen atoms in total. The van der Waals surface area contributed by atoms with Crippen molar-refractivity contribution < 1.29 is 19.1 Å². The number of rotatable bonds is 11. The molecule has 0 saturated carbocycles. The molecule has 2 unspecified atom stereocenters. The van der Waals surface area contributed by atoms with Crippen molar-refractivity contribution in [3.8, 4) is 0 Å². The maximum atomic E-state index is 12.6. The first-order valence-electron chi connectivity index (χ1n) is 9.70. The Bertz CT molecular complexity index is 778. The number of amides is 2. The van der Waals surface area contributed by atoms with Crippen molar-refractivity contribution in [3.05, 3.63) is 71.8 Å². The van der Waals surface area contributed by atoms with E-state index in [1.165, 1.54) is 0 Å². The second-order valence-electron chi connectivity index (χ2n) is 7.21. The minimum Gasteiger partial charge on any atom is -0.367 e. The van der Waals surface area contributed by atoms with Crippen LogP contribution in [0.15, 0.2) is 60.7 Å². The smallest absolute Gasteiger partial charge is 0.246 e. The zero-order valence-electron chi connectivity index (χ0n) is 16.8. The highest BCUT2D eigenvalue weighted by atomic mass is 16.5. The van der Waals surface area contributed by atoms with Crippen LogP contribution in [-0.4, -0.2) is 36.8 Å². The largest absolute Gasteiger partial charge is 0.367 e. The van der Waals surface area contributed by atoms with Gasteiger partial charge in [0, 0.05) is 0 Å². The minimum atomic E-state index is -0.749. The number of hydrogen-bond donors (Lipinski definition) is 2. The standard InChI is InChI=1S/C23H28N2O4/c1-17(2)22(25-21(27)16-29-15-19-11-7-4-8-12-19)23(28)24-20(14-26)13-18-9-5-3-6-10-18/h3-12,14,17,20,22H,13,15-16H2,1-2H3,(H,24,28)(H,25,27). The third kappa shape index (κ3) is 7.87. The van der Waals surface area contributed by atoms with E-state index in [1.54, 1.807) is 0 Å². The van der Waals surface area contributed by atoms with Gasteiger partial charge in [0.2, 0.25) is 11.8 Å². The average molecular weight is 396 g/mol. The van der Waals surface area contributed by atoms with E-state index >= 15 is 0 Å². The van der Waals surface area contributed by atoms with Crippen LogP contribution in [0.5, 0.6) is 0 Å². The Morgan fingerprint density at radius 1 is 0.931 bits per heavy atom. The molecule has 0 saturated heterocycles. The topological polar surface area (TPSA) is 84.5 Å². The van der Waals surface area contributed by atoms with Gasteiger partial charge < -0.3 is 20.2 Å². The molecule has 2 atom stereocenters. The maximum Gasteiger partial charge on any atom is 0.246 e. The normalized spacial score (nSPS) is 12.8. The first-order valence-corrected chi connectivity index (χ1v) is 9.70. The first-order chi connectivity index (χ1) is 14.0. The van der Waals surface area contributed by atoms with E-state index < -0.39 is 12.1 Å². The van der Waals surface area contributed by atoms with E-state index in [2.05, 4.69) is 10.6 Å². The zero-order valence-corrected chi connectivity index (χ0v) is 16.8. The van der Waals surface area contributed by atoms with E-state index in [0.29, 0.717) is 19.3 Å². The number of carbonyl (C=O) groups is 3. The van der Waals surface area contributed by atoms with Crippen molar-refractivity contribution in [3.63, 3.8) is 0 Å². The molecule has 0 aliphatic heterocycles. The Hall–Kier alpha value is -2.99. The van der Waals surface area contributed by atoms with Gasteiger partial charge in [0.1, 0.15) is 18.9 Å². The van der Waals surface area contributed by atoms with Crippen LogP contribution >= 0.6 is 0 Å². The summed E-state index contributed by atoms with van der Waals surface area (Å²) in [5.41, 5.74) is 1.91. The number of hydrogen-bond acceptors (Lipinski definition) is 4. The highest BCUT2D eigenvalue weighted by Gasteiger charge is 2.26. The van der Waals surface area contributed by atoms with Crippen molar-refractivity contribution in [2.24, 2.45) is 5.92 Å². The van der Waals surface area contributed by atoms with Gasteiger partial charge in [-0.3, -0.25) is 9.59 Å². The highest BCUT2D eigenvalue weighted by Crippen LogP contribution is 2.06. The van der Waals surface area contributed by atoms with Crippen molar-refractivity contribution in [2.75, 3.05) is 6.61 Å². The van der Waals surface area contributed by atoms with Gasteiger partial charge >= 0.3 is 0 Å². The van der Waals surface area contributed by atoms with Gasteiger partial charge in [-0.25, -0.2) is 0 Å². The van der Waals surface area contributed by atoms with E-state index in [-0.39, 0.29) is 24.3 Å². The number of carbonyl (C=O) groups excluding carboxylic acids is 3. The van der Waals surface area contributed by atoms with Gasteiger partial charge in [-0.15, -0.1) is 0 Å². The third-order valence-corrected chi connectivity index (χ3v) is 4.40. The lowest BCUT2D eigenvalue weighted by molar-refractivity contribution is -0.133. The molecule has 2 aromatic carbocycles. The Balaban J connectivity index is 1.85. The summed E-state index contributed by atoms with van der Waals surface area (Å²) in [6.07, 6.45) is 1.11. The van der Waals surface area contributed by atoms with Gasteiger partial charge in [0.15, 0.2) is 0 Å². The molecular formula is C23H28N2O4. The molecule has 6 heteroatoms. The Labute approximate surface area is 171 Å². The third-order valence-electron chi connectivity index (χ3n) is 4.40. The van der Waals surface area contributed by atoms with Crippen LogP contribution in [0.1, 0.15) is 25.0 Å². The zero-order chi connectivity index (χ0) is 21.1. The summed E-state index contributed by atoms with van der Waals surface area (Å²) in [6.45, 7) is 3.84. The fourth-order valence-corrected chi connectivity index (χ4v) is 2.86. The molecule has 0 bridgehead atoms. The highest BCUT2D eigenvalue weighted by molar-refractivity contribution is 5.89. The predicted octanol–water partition coefficient (Wildman–Crippen LogP) is 2.27. The summed E-state index contributed by atoms with van der Waals surface area (Å²) in [5, 5.41) is 5.43. The molecule has 0 radical (unpaired) electrons. The Kier molecular flexibility index (Phi) is 9.05. The quantitative estimate of drug-likeness (QED) is 0.571. The van der Waals surface area contributed by atoms with Gasteiger partial charge in [-0.05, 0) is 23.5 Å². The van der Waals surface area contributed by atoms with Crippen molar-refractivity contribution in [1.29, 1.82) is 0 Å². The Morgan fingerprint density at radius 3 is 2.07 bits per heavy atom. The van der Waals surface area contributed by atoms with Crippen LogP contribution in [0.3, 0.4) is 0 Å². The lowest BCUT2D eigenvalue weighted by atomic mass is 10.0. The van der Waals surface area contributed by atoms with Crippen LogP contribution in [-0.2, 0) is 32.1 Å². The fourth-order valence-electron chi connectivity index (χ4n) is 2.86. The lowest BCUT2D eigenvalue weighted by Gasteiger charge is -2.23. The van der Waals surface area contributed by atoms with Crippen molar-refractivity contribution in [1.82, 2.24) is 10.6 Å². The maximum absolute atomic E-state index is 12.6. The van der Waals surface area contributed by atoms with Crippen LogP contribution in [0, 0.1) is 5.92 Å². The number of nitrogens with one attached hydrogen (secondary N) is 2. The number of benzene rings is 2. The van der Waals surface area contributed by atoms with E-state index in [0.717, 1.165) is 11.1 Å². The Morgan fingerprint density at radius 2 is 1.52 bits per heavy atom. The summed E-state index contributed by atoms with van der Waals surface area (Å²) < 4.78 is 5.42. The molecule has 0 heterocycles. The summed E-state index contributed by atoms with van der Waals surface area (Å²) in [6, 6.07) is 17.6. The van der Waals surface area contributed by atoms with E-state index in [4.69, 9.17) is 4.74 Å². The second-order valence-corrected chi connectivity index (χ2v) is 7.21. The van der Waals surface area contributed by atoms with Crippen LogP contribution in [0.25, 0.3) is 0 Å². The molecular weight excluding hydrogens is 368 g/mol. The summed E-state index contributed by atoms with van der Waals surface area (Å²) in [5.74, 6) is -0.901. The van der Waals surface area contributed by atoms with Crippen molar-refractivity contribution in [2.45, 2.75) is 39.0 Å². The molecule has 154 valence electrons. The van der Waals surface area contributed by atoms with Crippen LogP contribution < -0.4 is 10.6 Å². The van der Waals surface area contributed by atoms with Crippen LogP contribution in [0.2, 0.25) is 0 Å². The predicted molar refractivity (Wildman–Crippen MR) is 111 cm³/mol. The molecule has 2 amide bonds. The molecule has 2 aromatic rings. The molecule has 2 N–H and O–H groups in total. The molecule has 29 heavy (non-hydrogen) atoms. The van der Waals surface area contributed by atoms with Gasteiger partial charge in [0.25, 0.3) is 0 Å². The molecule has 2 rings (SSSR count). The molecule has 0 spiro atoms. The monoisotopic (exact) mass is 396 g/mol. The summed E-state index contributed by atoms with van der Waals surface area (Å²) in [7, 11) is 0. The molecule has 0 aliphatic rings. The second kappa shape index (κ2) is 11.8. The van der Waals surface area contributed by atoms with Crippen LogP contribution in [0.4, 0.5) is 0 Å². The van der Waals surface area contributed by atoms with E-state index in [9.17, 15) is 14.4 Å². The summed E-state index contributed by atoms with van der Waals surface area (Å²) in [4.78, 5) is 36.3. The minimum absolute atomic E-state index is 0.142. The average Bonchev–Trinajstić information content (AvgIpc) is 2.72. The number of aldehydes is 1. The van der Waals surface area contributed by atoms with Crippen molar-refractivity contribution >= 4 is 18.1 Å². The number of ether oxygens (including phenoxy) is 1. The SMILES string of the molecule is CC(C)C(NC(=O)COCc1ccccc1)C(=O)NC(C=O)Cc1ccccc1. The van der Waals surface area contributed by atoms with Gasteiger partial charge in [0.05, 0.1) is 12.6 Å². The lowest BCUT2D eigenvalue weighted by Crippen LogP contribution is -2.53. The van der Waals surface area contributed by atoms with Gasteiger partial charge in [-0.1, -0.05) is 74.5 Å². The summed E-state index contributed by atoms with van der Waals surface area (Å²) >= 11 is 0.